The molecule has 0 bridgehead atoms. The molecule has 1 atom stereocenters. The van der Waals surface area contributed by atoms with Gasteiger partial charge in [0.05, 0.1) is 0 Å². The standard InChI is InChI=1S/C15H21Br2NO/c1-3-5-12(8-9-16)10-18-15(19)13-6-4-7-14(17)11(13)2/h4,6-7,12H,3,5,8-10H2,1-2H3,(H,18,19). The molecule has 1 N–H and O–H groups in total. The van der Waals surface area contributed by atoms with Gasteiger partial charge in [0.15, 0.2) is 0 Å². The van der Waals surface area contributed by atoms with Crippen molar-refractivity contribution in [1.82, 2.24) is 5.32 Å². The van der Waals surface area contributed by atoms with Crippen LogP contribution in [0.5, 0.6) is 0 Å². The van der Waals surface area contributed by atoms with Crippen LogP contribution in [0.15, 0.2) is 22.7 Å². The van der Waals surface area contributed by atoms with Crippen LogP contribution in [-0.4, -0.2) is 17.8 Å². The molecule has 1 amide bonds. The van der Waals surface area contributed by atoms with Crippen LogP contribution >= 0.6 is 31.9 Å². The van der Waals surface area contributed by atoms with Crippen molar-refractivity contribution in [2.75, 3.05) is 11.9 Å². The lowest BCUT2D eigenvalue weighted by Crippen LogP contribution is -2.30. The summed E-state index contributed by atoms with van der Waals surface area (Å²) < 4.78 is 0.978. The lowest BCUT2D eigenvalue weighted by Gasteiger charge is -2.16. The molecule has 0 aliphatic heterocycles. The molecule has 1 rings (SSSR count). The Balaban J connectivity index is 2.61. The summed E-state index contributed by atoms with van der Waals surface area (Å²) in [6, 6.07) is 5.72. The summed E-state index contributed by atoms with van der Waals surface area (Å²) in [4.78, 5) is 12.2. The topological polar surface area (TPSA) is 29.1 Å². The van der Waals surface area contributed by atoms with Crippen LogP contribution in [0.2, 0.25) is 0 Å². The Bertz CT molecular complexity index is 415. The van der Waals surface area contributed by atoms with E-state index in [9.17, 15) is 4.79 Å². The van der Waals surface area contributed by atoms with Crippen molar-refractivity contribution in [3.05, 3.63) is 33.8 Å². The molecule has 0 radical (unpaired) electrons. The van der Waals surface area contributed by atoms with Crippen LogP contribution in [0.4, 0.5) is 0 Å². The molecule has 0 saturated carbocycles. The zero-order valence-electron chi connectivity index (χ0n) is 11.5. The highest BCUT2D eigenvalue weighted by Gasteiger charge is 2.13. The minimum Gasteiger partial charge on any atom is -0.352 e. The number of alkyl halides is 1. The van der Waals surface area contributed by atoms with Crippen molar-refractivity contribution in [3.63, 3.8) is 0 Å². The van der Waals surface area contributed by atoms with Gasteiger partial charge in [-0.05, 0) is 43.4 Å². The van der Waals surface area contributed by atoms with Crippen molar-refractivity contribution in [1.29, 1.82) is 0 Å². The van der Waals surface area contributed by atoms with Crippen molar-refractivity contribution in [2.45, 2.75) is 33.1 Å². The average molecular weight is 391 g/mol. The maximum atomic E-state index is 12.2. The van der Waals surface area contributed by atoms with E-state index in [4.69, 9.17) is 0 Å². The van der Waals surface area contributed by atoms with Gasteiger partial charge < -0.3 is 5.32 Å². The number of halogens is 2. The summed E-state index contributed by atoms with van der Waals surface area (Å²) >= 11 is 6.93. The van der Waals surface area contributed by atoms with E-state index >= 15 is 0 Å². The van der Waals surface area contributed by atoms with Gasteiger partial charge in [0.25, 0.3) is 5.91 Å². The first-order chi connectivity index (χ1) is 9.10. The van der Waals surface area contributed by atoms with E-state index in [2.05, 4.69) is 44.1 Å². The van der Waals surface area contributed by atoms with Gasteiger partial charge in [-0.1, -0.05) is 51.3 Å². The third-order valence-corrected chi connectivity index (χ3v) is 4.59. The molecule has 0 fully saturated rings. The molecule has 2 nitrogen and oxygen atoms in total. The van der Waals surface area contributed by atoms with E-state index in [0.717, 1.165) is 46.7 Å². The molecule has 0 aliphatic carbocycles. The minimum atomic E-state index is 0.0227. The molecule has 0 saturated heterocycles. The maximum absolute atomic E-state index is 12.2. The Kier molecular flexibility index (Phi) is 7.69. The largest absolute Gasteiger partial charge is 0.352 e. The van der Waals surface area contributed by atoms with Crippen LogP contribution < -0.4 is 5.32 Å². The van der Waals surface area contributed by atoms with Crippen LogP contribution in [0.25, 0.3) is 0 Å². The summed E-state index contributed by atoms with van der Waals surface area (Å²) in [6.07, 6.45) is 3.42. The third kappa shape index (κ3) is 5.27. The first-order valence-electron chi connectivity index (χ1n) is 6.69. The van der Waals surface area contributed by atoms with Gasteiger partial charge in [0.2, 0.25) is 0 Å². The van der Waals surface area contributed by atoms with Crippen LogP contribution in [0, 0.1) is 12.8 Å². The second kappa shape index (κ2) is 8.75. The summed E-state index contributed by atoms with van der Waals surface area (Å²) in [5.74, 6) is 0.579. The zero-order chi connectivity index (χ0) is 14.3. The van der Waals surface area contributed by atoms with E-state index in [1.54, 1.807) is 0 Å². The fourth-order valence-electron chi connectivity index (χ4n) is 2.10. The molecule has 4 heteroatoms. The molecule has 1 unspecified atom stereocenters. The Labute approximate surface area is 132 Å². The number of nitrogens with one attached hydrogen (secondary N) is 1. The third-order valence-electron chi connectivity index (χ3n) is 3.28. The van der Waals surface area contributed by atoms with Gasteiger partial charge in [-0.25, -0.2) is 0 Å². The number of carbonyl (C=O) groups is 1. The normalized spacial score (nSPS) is 12.2. The minimum absolute atomic E-state index is 0.0227. The molecule has 1 aromatic rings. The van der Waals surface area contributed by atoms with Crippen molar-refractivity contribution >= 4 is 37.8 Å². The monoisotopic (exact) mass is 389 g/mol. The SMILES string of the molecule is CCCC(CCBr)CNC(=O)c1cccc(Br)c1C. The molecular formula is C15H21Br2NO. The highest BCUT2D eigenvalue weighted by molar-refractivity contribution is 9.10. The summed E-state index contributed by atoms with van der Waals surface area (Å²) in [5, 5.41) is 4.05. The average Bonchev–Trinajstić information content (AvgIpc) is 2.39. The molecule has 0 spiro atoms. The first kappa shape index (κ1) is 16.7. The van der Waals surface area contributed by atoms with E-state index in [1.807, 2.05) is 25.1 Å². The summed E-state index contributed by atoms with van der Waals surface area (Å²) in [5.41, 5.74) is 1.75. The van der Waals surface area contributed by atoms with Crippen LogP contribution in [0.1, 0.15) is 42.1 Å². The molecule has 1 aromatic carbocycles. The molecule has 0 aromatic heterocycles. The van der Waals surface area contributed by atoms with E-state index in [1.165, 1.54) is 0 Å². The Hall–Kier alpha value is -0.350. The molecule has 0 heterocycles. The predicted molar refractivity (Wildman–Crippen MR) is 88.0 cm³/mol. The number of benzene rings is 1. The number of carbonyl (C=O) groups excluding carboxylic acids is 1. The fraction of sp³-hybridized carbons (Fsp3) is 0.533. The smallest absolute Gasteiger partial charge is 0.251 e. The lowest BCUT2D eigenvalue weighted by molar-refractivity contribution is 0.0945. The van der Waals surface area contributed by atoms with Crippen molar-refractivity contribution < 1.29 is 4.79 Å². The summed E-state index contributed by atoms with van der Waals surface area (Å²) in [6.45, 7) is 4.90. The Morgan fingerprint density at radius 3 is 2.74 bits per heavy atom. The Morgan fingerprint density at radius 1 is 1.37 bits per heavy atom. The van der Waals surface area contributed by atoms with Crippen LogP contribution in [-0.2, 0) is 0 Å². The molecule has 0 aliphatic rings. The highest BCUT2D eigenvalue weighted by Crippen LogP contribution is 2.19. The second-order valence-electron chi connectivity index (χ2n) is 4.75. The number of hydrogen-bond donors (Lipinski definition) is 1. The van der Waals surface area contributed by atoms with Crippen molar-refractivity contribution in [2.24, 2.45) is 5.92 Å². The molecule has 106 valence electrons. The highest BCUT2D eigenvalue weighted by atomic mass is 79.9. The quantitative estimate of drug-likeness (QED) is 0.672. The van der Waals surface area contributed by atoms with Gasteiger partial charge in [0.1, 0.15) is 0 Å². The number of amides is 1. The van der Waals surface area contributed by atoms with Gasteiger partial charge in [-0.2, -0.15) is 0 Å². The van der Waals surface area contributed by atoms with Gasteiger partial charge in [0, 0.05) is 21.9 Å². The number of hydrogen-bond acceptors (Lipinski definition) is 1. The maximum Gasteiger partial charge on any atom is 0.251 e. The van der Waals surface area contributed by atoms with Gasteiger partial charge >= 0.3 is 0 Å². The van der Waals surface area contributed by atoms with E-state index in [-0.39, 0.29) is 5.91 Å². The zero-order valence-corrected chi connectivity index (χ0v) is 14.7. The summed E-state index contributed by atoms with van der Waals surface area (Å²) in [7, 11) is 0. The Morgan fingerprint density at radius 2 is 2.11 bits per heavy atom. The predicted octanol–water partition coefficient (Wildman–Crippen LogP) is 4.69. The second-order valence-corrected chi connectivity index (χ2v) is 6.40. The van der Waals surface area contributed by atoms with Gasteiger partial charge in [-0.3, -0.25) is 4.79 Å². The molecule has 19 heavy (non-hydrogen) atoms. The van der Waals surface area contributed by atoms with E-state index < -0.39 is 0 Å². The fourth-order valence-corrected chi connectivity index (χ4v) is 3.11. The van der Waals surface area contributed by atoms with Gasteiger partial charge in [-0.15, -0.1) is 0 Å². The van der Waals surface area contributed by atoms with Crippen LogP contribution in [0.3, 0.4) is 0 Å². The first-order valence-corrected chi connectivity index (χ1v) is 8.60. The van der Waals surface area contributed by atoms with E-state index in [0.29, 0.717) is 5.92 Å². The van der Waals surface area contributed by atoms with Crippen molar-refractivity contribution in [3.8, 4) is 0 Å². The molecular weight excluding hydrogens is 370 g/mol. The number of rotatable bonds is 7. The lowest BCUT2D eigenvalue weighted by atomic mass is 10.0.